The van der Waals surface area contributed by atoms with Crippen LogP contribution in [0.15, 0.2) is 60.8 Å². The van der Waals surface area contributed by atoms with Crippen LogP contribution in [0, 0.1) is 20.8 Å². The van der Waals surface area contributed by atoms with E-state index in [2.05, 4.69) is 57.7 Å². The minimum absolute atomic E-state index is 0.0581. The van der Waals surface area contributed by atoms with Gasteiger partial charge in [-0.2, -0.15) is 0 Å². The Kier molecular flexibility index (Phi) is 14.2. The first kappa shape index (κ1) is 37.0. The van der Waals surface area contributed by atoms with Crippen LogP contribution in [0.1, 0.15) is 49.6 Å². The van der Waals surface area contributed by atoms with Crippen molar-refractivity contribution in [1.82, 2.24) is 19.7 Å². The Morgan fingerprint density at radius 1 is 0.936 bits per heavy atom. The predicted molar refractivity (Wildman–Crippen MR) is 189 cm³/mol. The molecule has 47 heavy (non-hydrogen) atoms. The summed E-state index contributed by atoms with van der Waals surface area (Å²) in [6.45, 7) is 18.2. The van der Waals surface area contributed by atoms with E-state index in [0.29, 0.717) is 24.3 Å². The van der Waals surface area contributed by atoms with Crippen molar-refractivity contribution in [2.24, 2.45) is 0 Å². The van der Waals surface area contributed by atoms with Crippen molar-refractivity contribution >= 4 is 35.6 Å². The van der Waals surface area contributed by atoms with Crippen molar-refractivity contribution in [3.05, 3.63) is 83.2 Å². The van der Waals surface area contributed by atoms with Gasteiger partial charge in [-0.25, -0.2) is 9.59 Å². The molecule has 1 fully saturated rings. The van der Waals surface area contributed by atoms with Crippen LogP contribution in [0.25, 0.3) is 0 Å². The zero-order valence-corrected chi connectivity index (χ0v) is 28.9. The van der Waals surface area contributed by atoms with Gasteiger partial charge in [0.1, 0.15) is 5.60 Å². The van der Waals surface area contributed by atoms with E-state index in [0.717, 1.165) is 62.6 Å². The lowest BCUT2D eigenvalue weighted by atomic mass is 10.1. The minimum atomic E-state index is -0.558. The number of aromatic nitrogens is 1. The number of hydrogen-bond donors (Lipinski definition) is 3. The number of benzene rings is 2. The van der Waals surface area contributed by atoms with Gasteiger partial charge in [0, 0.05) is 56.8 Å². The number of ether oxygens (including phenoxy) is 1. The molecule has 2 aromatic carbocycles. The smallest absolute Gasteiger partial charge is 0.412 e. The number of carbonyl (C=O) groups is 3. The van der Waals surface area contributed by atoms with Crippen molar-refractivity contribution in [3.63, 3.8) is 0 Å². The van der Waals surface area contributed by atoms with Crippen molar-refractivity contribution in [1.29, 1.82) is 0 Å². The highest BCUT2D eigenvalue weighted by atomic mass is 16.6. The number of anilines is 3. The number of carbonyl (C=O) groups excluding carboxylic acids is 3. The van der Waals surface area contributed by atoms with Crippen LogP contribution in [0.4, 0.5) is 26.7 Å². The molecule has 0 aliphatic carbocycles. The lowest BCUT2D eigenvalue weighted by Crippen LogP contribution is -2.45. The van der Waals surface area contributed by atoms with Gasteiger partial charge in [0.25, 0.3) is 0 Å². The van der Waals surface area contributed by atoms with E-state index < -0.39 is 11.7 Å². The molecular weight excluding hydrogens is 594 g/mol. The van der Waals surface area contributed by atoms with E-state index in [1.165, 1.54) is 11.1 Å². The van der Waals surface area contributed by atoms with Crippen LogP contribution < -0.4 is 16.0 Å². The summed E-state index contributed by atoms with van der Waals surface area (Å²) in [5, 5.41) is 8.15. The molecule has 2 heterocycles. The van der Waals surface area contributed by atoms with Gasteiger partial charge in [0.15, 0.2) is 0 Å². The average Bonchev–Trinajstić information content (AvgIpc) is 3.01. The average molecular weight is 646 g/mol. The molecule has 1 aromatic heterocycles. The van der Waals surface area contributed by atoms with Gasteiger partial charge >= 0.3 is 12.1 Å². The van der Waals surface area contributed by atoms with Gasteiger partial charge < -0.3 is 30.1 Å². The standard InChI is InChI=1S/C24H35N5O.C12H16N2O3/c1-19-6-9-23(16-20(19)2)26-24(30)29(18-22-8-7-21(3)25-17-22)11-5-10-28-14-12-27(4)13-15-28;1-12(2,3)17-11(16)14-10-7-5-4-6-9(10)13-8-15/h6-9,16-17H,5,10-15,18H2,1-4H3,(H,26,30);4-8H,1-3H3,(H,13,15)(H,14,16). The molecular formula is C36H51N7O4. The topological polar surface area (TPSA) is 119 Å². The molecule has 1 aliphatic rings. The fourth-order valence-corrected chi connectivity index (χ4v) is 4.84. The Morgan fingerprint density at radius 3 is 2.26 bits per heavy atom. The molecule has 0 radical (unpaired) electrons. The highest BCUT2D eigenvalue weighted by Crippen LogP contribution is 2.21. The number of nitrogens with zero attached hydrogens (tertiary/aromatic N) is 4. The molecule has 0 bridgehead atoms. The van der Waals surface area contributed by atoms with Gasteiger partial charge in [0.2, 0.25) is 6.41 Å². The van der Waals surface area contributed by atoms with Crippen molar-refractivity contribution in [3.8, 4) is 0 Å². The van der Waals surface area contributed by atoms with Crippen LogP contribution in [0.3, 0.4) is 0 Å². The van der Waals surface area contributed by atoms with E-state index in [4.69, 9.17) is 4.74 Å². The molecule has 0 unspecified atom stereocenters. The summed E-state index contributed by atoms with van der Waals surface area (Å²) in [5.41, 5.74) is 5.74. The van der Waals surface area contributed by atoms with Crippen LogP contribution in [-0.4, -0.2) is 90.1 Å². The third-order valence-electron chi connectivity index (χ3n) is 7.67. The van der Waals surface area contributed by atoms with Gasteiger partial charge in [0.05, 0.1) is 11.4 Å². The first-order valence-corrected chi connectivity index (χ1v) is 16.1. The second-order valence-electron chi connectivity index (χ2n) is 12.9. The highest BCUT2D eigenvalue weighted by Gasteiger charge is 2.18. The Balaban J connectivity index is 0.000000300. The fourth-order valence-electron chi connectivity index (χ4n) is 4.84. The number of para-hydroxylation sites is 2. The van der Waals surface area contributed by atoms with Crippen LogP contribution in [-0.2, 0) is 16.1 Å². The molecule has 4 rings (SSSR count). The van der Waals surface area contributed by atoms with Gasteiger partial charge in [-0.3, -0.25) is 15.1 Å². The number of amides is 4. The Bertz CT molecular complexity index is 1450. The SMILES string of the molecule is CC(C)(C)OC(=O)Nc1ccccc1NC=O.Cc1ccc(CN(CCCN2CCN(C)CC2)C(=O)Nc2ccc(C)c(C)c2)cn1. The number of aryl methyl sites for hydroxylation is 3. The maximum Gasteiger partial charge on any atom is 0.412 e. The summed E-state index contributed by atoms with van der Waals surface area (Å²) < 4.78 is 5.11. The van der Waals surface area contributed by atoms with Crippen LogP contribution >= 0.6 is 0 Å². The number of hydrogen-bond acceptors (Lipinski definition) is 7. The molecule has 1 saturated heterocycles. The molecule has 3 N–H and O–H groups in total. The molecule has 0 spiro atoms. The van der Waals surface area contributed by atoms with Crippen LogP contribution in [0.2, 0.25) is 0 Å². The number of urea groups is 1. The van der Waals surface area contributed by atoms with E-state index in [1.807, 2.05) is 42.3 Å². The number of pyridine rings is 1. The molecule has 254 valence electrons. The summed E-state index contributed by atoms with van der Waals surface area (Å²) in [4.78, 5) is 46.1. The molecule has 11 heteroatoms. The predicted octanol–water partition coefficient (Wildman–Crippen LogP) is 6.28. The number of likely N-dealkylation sites (N-methyl/N-ethyl adjacent to an activating group) is 1. The summed E-state index contributed by atoms with van der Waals surface area (Å²) in [6, 6.07) is 16.9. The van der Waals surface area contributed by atoms with Crippen molar-refractivity contribution in [2.75, 3.05) is 62.3 Å². The fraction of sp³-hybridized carbons (Fsp3) is 0.444. The Morgan fingerprint density at radius 2 is 1.64 bits per heavy atom. The summed E-state index contributed by atoms with van der Waals surface area (Å²) in [5.74, 6) is 0. The number of rotatable bonds is 10. The second-order valence-corrected chi connectivity index (χ2v) is 12.9. The summed E-state index contributed by atoms with van der Waals surface area (Å²) >= 11 is 0. The van der Waals surface area contributed by atoms with E-state index >= 15 is 0 Å². The monoisotopic (exact) mass is 645 g/mol. The molecule has 3 aromatic rings. The third kappa shape index (κ3) is 13.4. The summed E-state index contributed by atoms with van der Waals surface area (Å²) in [7, 11) is 2.17. The molecule has 11 nitrogen and oxygen atoms in total. The molecule has 4 amide bonds. The number of nitrogens with one attached hydrogen (secondary N) is 3. The van der Waals surface area contributed by atoms with Crippen LogP contribution in [0.5, 0.6) is 0 Å². The van der Waals surface area contributed by atoms with E-state index in [9.17, 15) is 14.4 Å². The van der Waals surface area contributed by atoms with Crippen molar-refractivity contribution in [2.45, 2.75) is 60.1 Å². The lowest BCUT2D eigenvalue weighted by molar-refractivity contribution is -0.105. The lowest BCUT2D eigenvalue weighted by Gasteiger charge is -2.33. The zero-order valence-electron chi connectivity index (χ0n) is 28.9. The molecule has 1 aliphatic heterocycles. The zero-order chi connectivity index (χ0) is 34.4. The number of piperazine rings is 1. The Hall–Kier alpha value is -4.48. The first-order chi connectivity index (χ1) is 22.3. The molecule has 0 saturated carbocycles. The van der Waals surface area contributed by atoms with Gasteiger partial charge in [-0.05, 0) is 109 Å². The maximum absolute atomic E-state index is 13.1. The van der Waals surface area contributed by atoms with Gasteiger partial charge in [-0.15, -0.1) is 0 Å². The van der Waals surface area contributed by atoms with E-state index in [1.54, 1.807) is 45.0 Å². The normalized spacial score (nSPS) is 13.5. The Labute approximate surface area is 279 Å². The van der Waals surface area contributed by atoms with E-state index in [-0.39, 0.29) is 6.03 Å². The molecule has 0 atom stereocenters. The second kappa shape index (κ2) is 18.0. The van der Waals surface area contributed by atoms with Crippen molar-refractivity contribution < 1.29 is 19.1 Å². The quantitative estimate of drug-likeness (QED) is 0.222. The largest absolute Gasteiger partial charge is 0.444 e. The van der Waals surface area contributed by atoms with Gasteiger partial charge in [-0.1, -0.05) is 24.3 Å². The minimum Gasteiger partial charge on any atom is -0.444 e. The highest BCUT2D eigenvalue weighted by molar-refractivity contribution is 5.92. The first-order valence-electron chi connectivity index (χ1n) is 16.1. The summed E-state index contributed by atoms with van der Waals surface area (Å²) in [6.07, 6.45) is 2.82. The third-order valence-corrected chi connectivity index (χ3v) is 7.67. The maximum atomic E-state index is 13.1.